The van der Waals surface area contributed by atoms with Gasteiger partial charge in [0.05, 0.1) is 13.0 Å². The Kier molecular flexibility index (Phi) is 7.26. The highest BCUT2D eigenvalue weighted by molar-refractivity contribution is 9.10. The van der Waals surface area contributed by atoms with E-state index in [9.17, 15) is 18.0 Å². The summed E-state index contributed by atoms with van der Waals surface area (Å²) >= 11 is 3.32. The maximum atomic E-state index is 12.3. The maximum absolute atomic E-state index is 12.3. The Hall–Kier alpha value is -2.29. The lowest BCUT2D eigenvalue weighted by molar-refractivity contribution is -0.154. The van der Waals surface area contributed by atoms with Gasteiger partial charge in [-0.3, -0.25) is 4.79 Å². The summed E-state index contributed by atoms with van der Waals surface area (Å²) < 4.78 is 47.7. The smallest absolute Gasteiger partial charge is 0.422 e. The van der Waals surface area contributed by atoms with Gasteiger partial charge in [0.25, 0.3) is 0 Å². The predicted octanol–water partition coefficient (Wildman–Crippen LogP) is 3.87. The molecule has 1 aromatic heterocycles. The fourth-order valence-corrected chi connectivity index (χ4v) is 2.32. The molecule has 0 bridgehead atoms. The maximum Gasteiger partial charge on any atom is 0.422 e. The number of carbonyl (C=O) groups is 1. The molecule has 5 nitrogen and oxygen atoms in total. The van der Waals surface area contributed by atoms with E-state index in [1.54, 1.807) is 18.2 Å². The number of nitrogens with zero attached hydrogens (tertiary/aromatic N) is 1. The highest BCUT2D eigenvalue weighted by atomic mass is 79.9. The molecule has 0 aliphatic rings. The number of halogens is 4. The molecule has 1 aromatic carbocycles. The number of aromatic nitrogens is 1. The summed E-state index contributed by atoms with van der Waals surface area (Å²) in [5, 5.41) is 2.60. The number of hydrogen-bond donors (Lipinski definition) is 1. The molecule has 140 valence electrons. The van der Waals surface area contributed by atoms with Crippen molar-refractivity contribution in [2.24, 2.45) is 0 Å². The summed E-state index contributed by atoms with van der Waals surface area (Å²) in [6.45, 7) is -1.26. The summed E-state index contributed by atoms with van der Waals surface area (Å²) in [5.74, 6) is 0.170. The fourth-order valence-electron chi connectivity index (χ4n) is 1.94. The van der Waals surface area contributed by atoms with Gasteiger partial charge in [-0.25, -0.2) is 4.98 Å². The van der Waals surface area contributed by atoms with Crippen LogP contribution in [0, 0.1) is 0 Å². The second-order valence-corrected chi connectivity index (χ2v) is 6.12. The number of pyridine rings is 1. The molecule has 9 heteroatoms. The SMILES string of the molecule is O=C(CCOc1cccc(Br)c1)NCc1cccnc1OCC(F)(F)F. The van der Waals surface area contributed by atoms with Gasteiger partial charge in [0.2, 0.25) is 11.8 Å². The zero-order valence-electron chi connectivity index (χ0n) is 13.6. The standard InChI is InChI=1S/C17H16BrF3N2O3/c18-13-4-1-5-14(9-13)25-8-6-15(24)23-10-12-3-2-7-22-16(12)26-11-17(19,20)21/h1-5,7,9H,6,8,10-11H2,(H,23,24). The Bertz CT molecular complexity index is 741. The predicted molar refractivity (Wildman–Crippen MR) is 91.9 cm³/mol. The summed E-state index contributed by atoms with van der Waals surface area (Å²) in [4.78, 5) is 15.6. The first kappa shape index (κ1) is 20.0. The van der Waals surface area contributed by atoms with Gasteiger partial charge in [0.1, 0.15) is 5.75 Å². The van der Waals surface area contributed by atoms with Gasteiger partial charge in [-0.05, 0) is 24.3 Å². The molecule has 0 atom stereocenters. The minimum atomic E-state index is -4.46. The number of alkyl halides is 3. The average molecular weight is 433 g/mol. The molecule has 0 unspecified atom stereocenters. The van der Waals surface area contributed by atoms with Crippen molar-refractivity contribution in [3.8, 4) is 11.6 Å². The molecule has 2 aromatic rings. The lowest BCUT2D eigenvalue weighted by Crippen LogP contribution is -2.25. The molecule has 0 fully saturated rings. The Labute approximate surface area is 156 Å². The Balaban J connectivity index is 1.78. The Morgan fingerprint density at radius 3 is 2.73 bits per heavy atom. The minimum Gasteiger partial charge on any atom is -0.493 e. The Morgan fingerprint density at radius 2 is 2.00 bits per heavy atom. The number of rotatable bonds is 8. The zero-order chi connectivity index (χ0) is 19.0. The van der Waals surface area contributed by atoms with E-state index in [-0.39, 0.29) is 31.4 Å². The van der Waals surface area contributed by atoms with Crippen molar-refractivity contribution in [2.75, 3.05) is 13.2 Å². The van der Waals surface area contributed by atoms with Crippen LogP contribution in [0.3, 0.4) is 0 Å². The monoisotopic (exact) mass is 432 g/mol. The number of nitrogens with one attached hydrogen (secondary N) is 1. The van der Waals surface area contributed by atoms with Crippen LogP contribution in [0.2, 0.25) is 0 Å². The van der Waals surface area contributed by atoms with Crippen LogP contribution in [0.15, 0.2) is 47.1 Å². The first-order chi connectivity index (χ1) is 12.3. The first-order valence-corrected chi connectivity index (χ1v) is 8.41. The van der Waals surface area contributed by atoms with Crippen LogP contribution in [0.1, 0.15) is 12.0 Å². The van der Waals surface area contributed by atoms with Crippen LogP contribution in [0.4, 0.5) is 13.2 Å². The van der Waals surface area contributed by atoms with Crippen molar-refractivity contribution in [3.63, 3.8) is 0 Å². The molecule has 0 spiro atoms. The number of carbonyl (C=O) groups excluding carboxylic acids is 1. The van der Waals surface area contributed by atoms with Gasteiger partial charge in [0.15, 0.2) is 6.61 Å². The van der Waals surface area contributed by atoms with Crippen LogP contribution in [-0.4, -0.2) is 30.3 Å². The third-order valence-corrected chi connectivity index (χ3v) is 3.59. The summed E-state index contributed by atoms with van der Waals surface area (Å²) in [5.41, 5.74) is 0.359. The van der Waals surface area contributed by atoms with Crippen molar-refractivity contribution < 1.29 is 27.4 Å². The van der Waals surface area contributed by atoms with Crippen molar-refractivity contribution in [1.29, 1.82) is 0 Å². The lowest BCUT2D eigenvalue weighted by Gasteiger charge is -2.12. The van der Waals surface area contributed by atoms with Gasteiger partial charge in [-0.1, -0.05) is 28.1 Å². The molecular formula is C17H16BrF3N2O3. The molecule has 0 saturated carbocycles. The van der Waals surface area contributed by atoms with Gasteiger partial charge in [-0.2, -0.15) is 13.2 Å². The van der Waals surface area contributed by atoms with Gasteiger partial charge < -0.3 is 14.8 Å². The first-order valence-electron chi connectivity index (χ1n) is 7.62. The average Bonchev–Trinajstić information content (AvgIpc) is 2.58. The van der Waals surface area contributed by atoms with Crippen LogP contribution >= 0.6 is 15.9 Å². The summed E-state index contributed by atoms with van der Waals surface area (Å²) in [7, 11) is 0. The van der Waals surface area contributed by atoms with Crippen molar-refractivity contribution in [1.82, 2.24) is 10.3 Å². The summed E-state index contributed by atoms with van der Waals surface area (Å²) in [6.07, 6.45) is -3.03. The Morgan fingerprint density at radius 1 is 1.19 bits per heavy atom. The second-order valence-electron chi connectivity index (χ2n) is 5.20. The molecular weight excluding hydrogens is 417 g/mol. The number of hydrogen-bond acceptors (Lipinski definition) is 4. The van der Waals surface area contributed by atoms with Crippen LogP contribution in [0.5, 0.6) is 11.6 Å². The van der Waals surface area contributed by atoms with Crippen LogP contribution < -0.4 is 14.8 Å². The van der Waals surface area contributed by atoms with E-state index in [1.165, 1.54) is 12.3 Å². The van der Waals surface area contributed by atoms with E-state index in [0.717, 1.165) is 4.47 Å². The number of ether oxygens (including phenoxy) is 2. The molecule has 1 N–H and O–H groups in total. The molecule has 1 heterocycles. The van der Waals surface area contributed by atoms with Crippen molar-refractivity contribution >= 4 is 21.8 Å². The minimum absolute atomic E-state index is 0.0107. The molecule has 0 saturated heterocycles. The van der Waals surface area contributed by atoms with E-state index in [2.05, 4.69) is 31.0 Å². The zero-order valence-corrected chi connectivity index (χ0v) is 15.1. The summed E-state index contributed by atoms with van der Waals surface area (Å²) in [6, 6.07) is 10.3. The normalized spacial score (nSPS) is 11.1. The molecule has 26 heavy (non-hydrogen) atoms. The third kappa shape index (κ3) is 7.30. The second kappa shape index (κ2) is 9.42. The largest absolute Gasteiger partial charge is 0.493 e. The van der Waals surface area contributed by atoms with E-state index >= 15 is 0 Å². The molecule has 0 radical (unpaired) electrons. The molecule has 0 aliphatic heterocycles. The fraction of sp³-hybridized carbons (Fsp3) is 0.294. The van der Waals surface area contributed by atoms with Gasteiger partial charge >= 0.3 is 6.18 Å². The van der Waals surface area contributed by atoms with E-state index < -0.39 is 12.8 Å². The quantitative estimate of drug-likeness (QED) is 0.687. The molecule has 1 amide bonds. The van der Waals surface area contributed by atoms with Gasteiger partial charge in [-0.15, -0.1) is 0 Å². The highest BCUT2D eigenvalue weighted by Crippen LogP contribution is 2.20. The molecule has 0 aliphatic carbocycles. The van der Waals surface area contributed by atoms with Crippen molar-refractivity contribution in [3.05, 3.63) is 52.6 Å². The van der Waals surface area contributed by atoms with Gasteiger partial charge in [0, 0.05) is 22.8 Å². The molecule has 2 rings (SSSR count). The number of benzene rings is 1. The number of amides is 1. The van der Waals surface area contributed by atoms with E-state index in [0.29, 0.717) is 11.3 Å². The van der Waals surface area contributed by atoms with E-state index in [1.807, 2.05) is 12.1 Å². The topological polar surface area (TPSA) is 60.5 Å². The van der Waals surface area contributed by atoms with Crippen LogP contribution in [0.25, 0.3) is 0 Å². The van der Waals surface area contributed by atoms with Crippen LogP contribution in [-0.2, 0) is 11.3 Å². The van der Waals surface area contributed by atoms with E-state index in [4.69, 9.17) is 4.74 Å². The lowest BCUT2D eigenvalue weighted by atomic mass is 10.2. The third-order valence-electron chi connectivity index (χ3n) is 3.09. The van der Waals surface area contributed by atoms with Crippen molar-refractivity contribution in [2.45, 2.75) is 19.1 Å². The highest BCUT2D eigenvalue weighted by Gasteiger charge is 2.29.